The van der Waals surface area contributed by atoms with E-state index in [1.807, 2.05) is 30.3 Å². The van der Waals surface area contributed by atoms with Crippen LogP contribution in [0.25, 0.3) is 0 Å². The van der Waals surface area contributed by atoms with Crippen LogP contribution in [0.3, 0.4) is 0 Å². The lowest BCUT2D eigenvalue weighted by Crippen LogP contribution is -2.52. The van der Waals surface area contributed by atoms with Gasteiger partial charge in [0, 0.05) is 6.54 Å². The number of urea groups is 1. The van der Waals surface area contributed by atoms with E-state index in [0.29, 0.717) is 12.1 Å². The number of carbonyl (C=O) groups excluding carboxylic acids is 1. The van der Waals surface area contributed by atoms with Gasteiger partial charge in [0.2, 0.25) is 0 Å². The Labute approximate surface area is 129 Å². The van der Waals surface area contributed by atoms with Crippen molar-refractivity contribution in [3.05, 3.63) is 71.8 Å². The van der Waals surface area contributed by atoms with Gasteiger partial charge in [0.25, 0.3) is 0 Å². The molecule has 0 aliphatic carbocycles. The molecule has 2 amide bonds. The number of nitrogens with one attached hydrogen (secondary N) is 2. The van der Waals surface area contributed by atoms with Crippen LogP contribution in [-0.2, 0) is 16.9 Å². The van der Waals surface area contributed by atoms with Crippen molar-refractivity contribution < 1.29 is 14.7 Å². The molecule has 0 aliphatic rings. The molecule has 2 rings (SSSR count). The van der Waals surface area contributed by atoms with Crippen molar-refractivity contribution in [3.8, 4) is 0 Å². The van der Waals surface area contributed by atoms with E-state index in [9.17, 15) is 14.7 Å². The van der Waals surface area contributed by atoms with E-state index in [2.05, 4.69) is 10.6 Å². The van der Waals surface area contributed by atoms with Crippen molar-refractivity contribution >= 4 is 12.0 Å². The highest BCUT2D eigenvalue weighted by atomic mass is 16.4. The number of carboxylic acids is 1. The first-order chi connectivity index (χ1) is 10.5. The Kier molecular flexibility index (Phi) is 4.78. The first-order valence-electron chi connectivity index (χ1n) is 6.91. The van der Waals surface area contributed by atoms with Gasteiger partial charge in [-0.15, -0.1) is 0 Å². The molecule has 114 valence electrons. The number of carboxylic acid groups (broad SMARTS) is 1. The van der Waals surface area contributed by atoms with E-state index in [1.54, 1.807) is 30.3 Å². The van der Waals surface area contributed by atoms with E-state index in [1.165, 1.54) is 6.92 Å². The summed E-state index contributed by atoms with van der Waals surface area (Å²) in [7, 11) is 0. The molecule has 0 spiro atoms. The molecule has 5 heteroatoms. The highest BCUT2D eigenvalue weighted by molar-refractivity contribution is 5.87. The van der Waals surface area contributed by atoms with Gasteiger partial charge in [0.1, 0.15) is 0 Å². The summed E-state index contributed by atoms with van der Waals surface area (Å²) in [6, 6.07) is 17.5. The second-order valence-corrected chi connectivity index (χ2v) is 5.09. The number of carbonyl (C=O) groups is 2. The normalized spacial score (nSPS) is 13.0. The number of hydrogen-bond acceptors (Lipinski definition) is 2. The summed E-state index contributed by atoms with van der Waals surface area (Å²) in [6.45, 7) is 1.80. The van der Waals surface area contributed by atoms with E-state index in [-0.39, 0.29) is 0 Å². The molecule has 1 atom stereocenters. The second-order valence-electron chi connectivity index (χ2n) is 5.09. The third-order valence-electron chi connectivity index (χ3n) is 3.44. The maximum atomic E-state index is 12.0. The van der Waals surface area contributed by atoms with Gasteiger partial charge in [-0.3, -0.25) is 0 Å². The molecule has 5 nitrogen and oxygen atoms in total. The third kappa shape index (κ3) is 3.63. The lowest BCUT2D eigenvalue weighted by atomic mass is 9.92. The highest BCUT2D eigenvalue weighted by Crippen LogP contribution is 2.20. The van der Waals surface area contributed by atoms with Crippen LogP contribution >= 0.6 is 0 Å². The largest absolute Gasteiger partial charge is 0.479 e. The van der Waals surface area contributed by atoms with Gasteiger partial charge in [-0.1, -0.05) is 60.7 Å². The molecule has 22 heavy (non-hydrogen) atoms. The summed E-state index contributed by atoms with van der Waals surface area (Å²) in [6.07, 6.45) is 0. The Hall–Kier alpha value is -2.82. The molecule has 0 aromatic heterocycles. The van der Waals surface area contributed by atoms with Crippen LogP contribution in [0.5, 0.6) is 0 Å². The number of rotatable bonds is 5. The number of amides is 2. The van der Waals surface area contributed by atoms with Gasteiger partial charge in [0.05, 0.1) is 0 Å². The summed E-state index contributed by atoms with van der Waals surface area (Å²) in [4.78, 5) is 23.6. The predicted molar refractivity (Wildman–Crippen MR) is 83.2 cm³/mol. The standard InChI is InChI=1S/C17H18N2O3/c1-17(15(20)21,14-10-6-3-7-11-14)19-16(22)18-12-13-8-4-2-5-9-13/h2-11H,12H2,1H3,(H,20,21)(H2,18,19,22). The maximum absolute atomic E-state index is 12.0. The molecule has 2 aromatic carbocycles. The third-order valence-corrected chi connectivity index (χ3v) is 3.44. The molecular weight excluding hydrogens is 280 g/mol. The van der Waals surface area contributed by atoms with Crippen molar-refractivity contribution in [2.24, 2.45) is 0 Å². The fourth-order valence-corrected chi connectivity index (χ4v) is 2.07. The summed E-state index contributed by atoms with van der Waals surface area (Å²) in [5, 5.41) is 14.7. The minimum atomic E-state index is -1.48. The van der Waals surface area contributed by atoms with E-state index in [4.69, 9.17) is 0 Å². The molecule has 0 heterocycles. The Bertz CT molecular complexity index is 643. The van der Waals surface area contributed by atoms with Crippen molar-refractivity contribution in [2.45, 2.75) is 19.0 Å². The number of hydrogen-bond donors (Lipinski definition) is 3. The van der Waals surface area contributed by atoms with Gasteiger partial charge in [-0.05, 0) is 18.1 Å². The van der Waals surface area contributed by atoms with Crippen LogP contribution in [-0.4, -0.2) is 17.1 Å². The van der Waals surface area contributed by atoms with Gasteiger partial charge >= 0.3 is 12.0 Å². The molecule has 0 saturated carbocycles. The minimum Gasteiger partial charge on any atom is -0.479 e. The van der Waals surface area contributed by atoms with E-state index in [0.717, 1.165) is 5.56 Å². The van der Waals surface area contributed by atoms with E-state index < -0.39 is 17.5 Å². The Morgan fingerprint density at radius 2 is 1.55 bits per heavy atom. The van der Waals surface area contributed by atoms with Gasteiger partial charge in [-0.2, -0.15) is 0 Å². The smallest absolute Gasteiger partial charge is 0.333 e. The zero-order valence-corrected chi connectivity index (χ0v) is 12.2. The van der Waals surface area contributed by atoms with Crippen LogP contribution in [0.2, 0.25) is 0 Å². The fourth-order valence-electron chi connectivity index (χ4n) is 2.07. The van der Waals surface area contributed by atoms with Crippen molar-refractivity contribution in [1.29, 1.82) is 0 Å². The zero-order chi connectivity index (χ0) is 16.0. The summed E-state index contributed by atoms with van der Waals surface area (Å²) >= 11 is 0. The fraction of sp³-hybridized carbons (Fsp3) is 0.176. The number of benzene rings is 2. The molecule has 2 aromatic rings. The average molecular weight is 298 g/mol. The molecule has 1 unspecified atom stereocenters. The van der Waals surface area contributed by atoms with Crippen molar-refractivity contribution in [3.63, 3.8) is 0 Å². The first kappa shape index (κ1) is 15.6. The highest BCUT2D eigenvalue weighted by Gasteiger charge is 2.36. The first-order valence-corrected chi connectivity index (χ1v) is 6.91. The van der Waals surface area contributed by atoms with Gasteiger partial charge in [-0.25, -0.2) is 9.59 Å². The number of aliphatic carboxylic acids is 1. The van der Waals surface area contributed by atoms with Crippen LogP contribution in [0.4, 0.5) is 4.79 Å². The predicted octanol–water partition coefficient (Wildman–Crippen LogP) is 2.49. The summed E-state index contributed by atoms with van der Waals surface area (Å²) < 4.78 is 0. The van der Waals surface area contributed by atoms with Crippen LogP contribution in [0.1, 0.15) is 18.1 Å². The molecule has 0 saturated heterocycles. The van der Waals surface area contributed by atoms with Crippen LogP contribution < -0.4 is 10.6 Å². The maximum Gasteiger partial charge on any atom is 0.333 e. The molecule has 3 N–H and O–H groups in total. The van der Waals surface area contributed by atoms with Crippen molar-refractivity contribution in [2.75, 3.05) is 0 Å². The van der Waals surface area contributed by atoms with Gasteiger partial charge < -0.3 is 15.7 Å². The van der Waals surface area contributed by atoms with Gasteiger partial charge in [0.15, 0.2) is 5.54 Å². The average Bonchev–Trinajstić information content (AvgIpc) is 2.54. The lowest BCUT2D eigenvalue weighted by Gasteiger charge is -2.26. The minimum absolute atomic E-state index is 0.331. The Balaban J connectivity index is 2.05. The van der Waals surface area contributed by atoms with E-state index >= 15 is 0 Å². The zero-order valence-electron chi connectivity index (χ0n) is 12.2. The van der Waals surface area contributed by atoms with Crippen LogP contribution in [0.15, 0.2) is 60.7 Å². The van der Waals surface area contributed by atoms with Crippen molar-refractivity contribution in [1.82, 2.24) is 10.6 Å². The Morgan fingerprint density at radius 3 is 2.09 bits per heavy atom. The molecule has 0 aliphatic heterocycles. The molecule has 0 bridgehead atoms. The summed E-state index contributed by atoms with van der Waals surface area (Å²) in [5.41, 5.74) is -0.0334. The Morgan fingerprint density at radius 1 is 1.00 bits per heavy atom. The summed E-state index contributed by atoms with van der Waals surface area (Å²) in [5.74, 6) is -1.12. The quantitative estimate of drug-likeness (QED) is 0.793. The lowest BCUT2D eigenvalue weighted by molar-refractivity contribution is -0.144. The SMILES string of the molecule is CC(NC(=O)NCc1ccccc1)(C(=O)O)c1ccccc1. The monoisotopic (exact) mass is 298 g/mol. The topological polar surface area (TPSA) is 78.4 Å². The second kappa shape index (κ2) is 6.76. The molecule has 0 fully saturated rings. The molecular formula is C17H18N2O3. The molecule has 0 radical (unpaired) electrons. The van der Waals surface area contributed by atoms with Crippen LogP contribution in [0, 0.1) is 0 Å².